The lowest BCUT2D eigenvalue weighted by molar-refractivity contribution is 0.00690. The van der Waals surface area contributed by atoms with Crippen LogP contribution in [-0.2, 0) is 4.74 Å². The van der Waals surface area contributed by atoms with Gasteiger partial charge in [-0.2, -0.15) is 5.10 Å². The summed E-state index contributed by atoms with van der Waals surface area (Å²) in [6.07, 6.45) is 4.98. The molecule has 2 aromatic heterocycles. The third-order valence-corrected chi connectivity index (χ3v) is 2.13. The van der Waals surface area contributed by atoms with Crippen LogP contribution in [0.25, 0.3) is 5.82 Å². The van der Waals surface area contributed by atoms with E-state index >= 15 is 0 Å². The van der Waals surface area contributed by atoms with E-state index in [0.29, 0.717) is 11.4 Å². The number of rotatable bonds is 2. The summed E-state index contributed by atoms with van der Waals surface area (Å²) in [6, 6.07) is 5.15. The van der Waals surface area contributed by atoms with Crippen LogP contribution in [0.3, 0.4) is 0 Å². The van der Waals surface area contributed by atoms with Crippen LogP contribution in [0.4, 0.5) is 0 Å². The Bertz CT molecular complexity index is 542. The number of ether oxygens (including phenoxy) is 1. The van der Waals surface area contributed by atoms with Gasteiger partial charge in [0.25, 0.3) is 0 Å². The molecule has 2 heterocycles. The average molecular weight is 245 g/mol. The molecule has 5 nitrogen and oxygen atoms in total. The Morgan fingerprint density at radius 3 is 2.67 bits per heavy atom. The number of aromatic nitrogens is 3. The summed E-state index contributed by atoms with van der Waals surface area (Å²) in [5, 5.41) is 4.07. The lowest BCUT2D eigenvalue weighted by atomic mass is 10.2. The molecule has 0 aromatic carbocycles. The molecule has 0 spiro atoms. The molecule has 0 aliphatic heterocycles. The van der Waals surface area contributed by atoms with Gasteiger partial charge in [0.2, 0.25) is 0 Å². The number of carbonyl (C=O) groups is 1. The van der Waals surface area contributed by atoms with Gasteiger partial charge in [-0.3, -0.25) is 0 Å². The van der Waals surface area contributed by atoms with Crippen LogP contribution in [-0.4, -0.2) is 26.3 Å². The van der Waals surface area contributed by atoms with Crippen LogP contribution >= 0.6 is 0 Å². The first-order chi connectivity index (χ1) is 8.47. The second-order valence-corrected chi connectivity index (χ2v) is 4.83. The SMILES string of the molecule is CC(C)(C)OC(=O)c1cccnc1-n1cccn1. The lowest BCUT2D eigenvalue weighted by Gasteiger charge is -2.20. The fourth-order valence-electron chi connectivity index (χ4n) is 1.47. The quantitative estimate of drug-likeness (QED) is 0.761. The number of nitrogens with zero attached hydrogens (tertiary/aromatic N) is 3. The minimum absolute atomic E-state index is 0.399. The van der Waals surface area contributed by atoms with Crippen molar-refractivity contribution in [1.82, 2.24) is 14.8 Å². The molecule has 94 valence electrons. The van der Waals surface area contributed by atoms with E-state index in [4.69, 9.17) is 4.74 Å². The lowest BCUT2D eigenvalue weighted by Crippen LogP contribution is -2.25. The molecule has 0 aliphatic carbocycles. The number of hydrogen-bond donors (Lipinski definition) is 0. The Morgan fingerprint density at radius 1 is 1.28 bits per heavy atom. The van der Waals surface area contributed by atoms with Gasteiger partial charge >= 0.3 is 5.97 Å². The van der Waals surface area contributed by atoms with E-state index in [2.05, 4.69) is 10.1 Å². The van der Waals surface area contributed by atoms with Crippen molar-refractivity contribution in [3.63, 3.8) is 0 Å². The van der Waals surface area contributed by atoms with Crippen LogP contribution in [0, 0.1) is 0 Å². The van der Waals surface area contributed by atoms with Crippen molar-refractivity contribution in [3.05, 3.63) is 42.4 Å². The minimum Gasteiger partial charge on any atom is -0.456 e. The first-order valence-corrected chi connectivity index (χ1v) is 5.66. The molecule has 0 saturated heterocycles. The van der Waals surface area contributed by atoms with E-state index < -0.39 is 11.6 Å². The van der Waals surface area contributed by atoms with Crippen molar-refractivity contribution in [2.75, 3.05) is 0 Å². The van der Waals surface area contributed by atoms with E-state index in [9.17, 15) is 4.79 Å². The largest absolute Gasteiger partial charge is 0.456 e. The molecule has 2 rings (SSSR count). The van der Waals surface area contributed by atoms with E-state index in [1.54, 1.807) is 41.5 Å². The normalized spacial score (nSPS) is 11.3. The van der Waals surface area contributed by atoms with Gasteiger partial charge in [-0.15, -0.1) is 0 Å². The molecule has 0 aliphatic rings. The number of carbonyl (C=O) groups excluding carboxylic acids is 1. The van der Waals surface area contributed by atoms with Crippen molar-refractivity contribution in [1.29, 1.82) is 0 Å². The molecule has 0 amide bonds. The third kappa shape index (κ3) is 2.74. The fourth-order valence-corrected chi connectivity index (χ4v) is 1.47. The molecule has 5 heteroatoms. The molecule has 0 radical (unpaired) electrons. The maximum atomic E-state index is 12.1. The Hall–Kier alpha value is -2.17. The number of hydrogen-bond acceptors (Lipinski definition) is 4. The molecule has 0 bridgehead atoms. The van der Waals surface area contributed by atoms with Crippen molar-refractivity contribution >= 4 is 5.97 Å². The maximum Gasteiger partial charge on any atom is 0.342 e. The zero-order chi connectivity index (χ0) is 13.2. The van der Waals surface area contributed by atoms with E-state index in [-0.39, 0.29) is 0 Å². The van der Waals surface area contributed by atoms with Gasteiger partial charge in [-0.25, -0.2) is 14.5 Å². The summed E-state index contributed by atoms with van der Waals surface area (Å²) in [5.74, 6) is 0.0675. The predicted octanol–water partition coefficient (Wildman–Crippen LogP) is 2.22. The molecule has 0 saturated carbocycles. The van der Waals surface area contributed by atoms with Crippen LogP contribution < -0.4 is 0 Å². The fraction of sp³-hybridized carbons (Fsp3) is 0.308. The monoisotopic (exact) mass is 245 g/mol. The summed E-state index contributed by atoms with van der Waals surface area (Å²) < 4.78 is 6.88. The van der Waals surface area contributed by atoms with Crippen LogP contribution in [0.5, 0.6) is 0 Å². The standard InChI is InChI=1S/C13H15N3O2/c1-13(2,3)18-12(17)10-6-4-7-14-11(10)16-9-5-8-15-16/h4-9H,1-3H3. The summed E-state index contributed by atoms with van der Waals surface area (Å²) in [5.41, 5.74) is -0.134. The predicted molar refractivity (Wildman–Crippen MR) is 66.5 cm³/mol. The van der Waals surface area contributed by atoms with E-state index in [1.165, 1.54) is 0 Å². The number of esters is 1. The first-order valence-electron chi connectivity index (χ1n) is 5.66. The smallest absolute Gasteiger partial charge is 0.342 e. The molecule has 0 fully saturated rings. The molecular formula is C13H15N3O2. The zero-order valence-electron chi connectivity index (χ0n) is 10.6. The van der Waals surface area contributed by atoms with Crippen molar-refractivity contribution in [2.24, 2.45) is 0 Å². The van der Waals surface area contributed by atoms with Gasteiger partial charge in [0, 0.05) is 18.6 Å². The summed E-state index contributed by atoms with van der Waals surface area (Å²) in [7, 11) is 0. The van der Waals surface area contributed by atoms with Crippen molar-refractivity contribution in [2.45, 2.75) is 26.4 Å². The topological polar surface area (TPSA) is 57.0 Å². The highest BCUT2D eigenvalue weighted by molar-refractivity contribution is 5.92. The maximum absolute atomic E-state index is 12.1. The Balaban J connectivity index is 2.37. The molecular weight excluding hydrogens is 230 g/mol. The van der Waals surface area contributed by atoms with Crippen molar-refractivity contribution < 1.29 is 9.53 Å². The van der Waals surface area contributed by atoms with Crippen LogP contribution in [0.1, 0.15) is 31.1 Å². The van der Waals surface area contributed by atoms with Gasteiger partial charge in [-0.05, 0) is 39.0 Å². The Morgan fingerprint density at radius 2 is 2.06 bits per heavy atom. The van der Waals surface area contributed by atoms with Gasteiger partial charge in [0.15, 0.2) is 5.82 Å². The summed E-state index contributed by atoms with van der Waals surface area (Å²) in [6.45, 7) is 5.48. The Labute approximate surface area is 105 Å². The number of pyridine rings is 1. The highest BCUT2D eigenvalue weighted by atomic mass is 16.6. The third-order valence-electron chi connectivity index (χ3n) is 2.13. The first kappa shape index (κ1) is 12.3. The Kier molecular flexibility index (Phi) is 3.14. The molecule has 0 atom stereocenters. The summed E-state index contributed by atoms with van der Waals surface area (Å²) >= 11 is 0. The molecule has 0 N–H and O–H groups in total. The van der Waals surface area contributed by atoms with E-state index in [0.717, 1.165) is 0 Å². The zero-order valence-corrected chi connectivity index (χ0v) is 10.6. The van der Waals surface area contributed by atoms with Gasteiger partial charge in [-0.1, -0.05) is 0 Å². The minimum atomic E-state index is -0.533. The van der Waals surface area contributed by atoms with Gasteiger partial charge in [0.05, 0.1) is 0 Å². The van der Waals surface area contributed by atoms with Gasteiger partial charge < -0.3 is 4.74 Å². The van der Waals surface area contributed by atoms with Gasteiger partial charge in [0.1, 0.15) is 11.2 Å². The highest BCUT2D eigenvalue weighted by Gasteiger charge is 2.21. The summed E-state index contributed by atoms with van der Waals surface area (Å²) in [4.78, 5) is 16.2. The van der Waals surface area contributed by atoms with Crippen LogP contribution in [0.15, 0.2) is 36.8 Å². The average Bonchev–Trinajstić information content (AvgIpc) is 2.80. The highest BCUT2D eigenvalue weighted by Crippen LogP contribution is 2.16. The molecule has 2 aromatic rings. The second-order valence-electron chi connectivity index (χ2n) is 4.83. The van der Waals surface area contributed by atoms with E-state index in [1.807, 2.05) is 20.8 Å². The molecule has 0 unspecified atom stereocenters. The van der Waals surface area contributed by atoms with Crippen molar-refractivity contribution in [3.8, 4) is 5.82 Å². The molecule has 18 heavy (non-hydrogen) atoms. The second kappa shape index (κ2) is 4.60. The van der Waals surface area contributed by atoms with Crippen LogP contribution in [0.2, 0.25) is 0 Å².